The Morgan fingerprint density at radius 1 is 1.38 bits per heavy atom. The van der Waals surface area contributed by atoms with Gasteiger partial charge in [0.2, 0.25) is 0 Å². The second-order valence-electron chi connectivity index (χ2n) is 4.60. The van der Waals surface area contributed by atoms with Crippen LogP contribution in [0.15, 0.2) is 24.5 Å². The van der Waals surface area contributed by atoms with Gasteiger partial charge in [-0.1, -0.05) is 11.6 Å². The number of tetrazole rings is 1. The van der Waals surface area contributed by atoms with E-state index in [0.717, 1.165) is 11.0 Å². The molecule has 0 saturated carbocycles. The third-order valence-electron chi connectivity index (χ3n) is 2.84. The topological polar surface area (TPSA) is 110 Å². The lowest BCUT2D eigenvalue weighted by molar-refractivity contribution is -0.157. The van der Waals surface area contributed by atoms with Crippen molar-refractivity contribution in [2.24, 2.45) is 0 Å². The Labute approximate surface area is 137 Å². The number of alkyl halides is 3. The molecule has 1 heterocycles. The summed E-state index contributed by atoms with van der Waals surface area (Å²) in [6, 6.07) is 1.81. The number of carboxylic acids is 1. The lowest BCUT2D eigenvalue weighted by Crippen LogP contribution is -2.43. The van der Waals surface area contributed by atoms with E-state index in [2.05, 4.69) is 15.5 Å². The van der Waals surface area contributed by atoms with E-state index in [1.165, 1.54) is 18.2 Å². The summed E-state index contributed by atoms with van der Waals surface area (Å²) < 4.78 is 38.3. The molecule has 8 nitrogen and oxygen atoms in total. The zero-order chi connectivity index (χ0) is 17.9. The fourth-order valence-electron chi connectivity index (χ4n) is 1.83. The second kappa shape index (κ2) is 6.83. The standard InChI is InChI=1S/C12H9ClF3N5O3/c13-6-1-2-9(21-5-17-19-20-21)7(3-6)10(22)18-8(11(23)24)4-12(14,15)16/h1-3,5,8H,4H2,(H,18,22)(H,23,24). The van der Waals surface area contributed by atoms with E-state index in [1.54, 1.807) is 0 Å². The summed E-state index contributed by atoms with van der Waals surface area (Å²) in [6.45, 7) is 0. The average molecular weight is 364 g/mol. The molecule has 0 fully saturated rings. The molecule has 2 aromatic rings. The Hall–Kier alpha value is -2.69. The summed E-state index contributed by atoms with van der Waals surface area (Å²) in [5, 5.41) is 21.1. The van der Waals surface area contributed by atoms with Crippen LogP contribution in [0.2, 0.25) is 5.02 Å². The Balaban J connectivity index is 2.32. The van der Waals surface area contributed by atoms with Crippen LogP contribution in [-0.2, 0) is 4.79 Å². The minimum Gasteiger partial charge on any atom is -0.480 e. The van der Waals surface area contributed by atoms with Crippen LogP contribution in [0, 0.1) is 0 Å². The van der Waals surface area contributed by atoms with Gasteiger partial charge >= 0.3 is 12.1 Å². The second-order valence-corrected chi connectivity index (χ2v) is 5.04. The van der Waals surface area contributed by atoms with Gasteiger partial charge in [-0.3, -0.25) is 4.79 Å². The molecule has 2 rings (SSSR count). The van der Waals surface area contributed by atoms with Gasteiger partial charge in [-0.25, -0.2) is 4.79 Å². The van der Waals surface area contributed by atoms with Crippen LogP contribution in [0.1, 0.15) is 16.8 Å². The lowest BCUT2D eigenvalue weighted by Gasteiger charge is -2.17. The number of carboxylic acid groups (broad SMARTS) is 1. The van der Waals surface area contributed by atoms with Crippen LogP contribution in [0.25, 0.3) is 5.69 Å². The highest BCUT2D eigenvalue weighted by Gasteiger charge is 2.36. The SMILES string of the molecule is O=C(NC(CC(F)(F)F)C(=O)O)c1cc(Cl)ccc1-n1cnnn1. The molecule has 0 saturated heterocycles. The molecule has 24 heavy (non-hydrogen) atoms. The van der Waals surface area contributed by atoms with Gasteiger partial charge in [0.25, 0.3) is 5.91 Å². The Kier molecular flexibility index (Phi) is 5.02. The van der Waals surface area contributed by atoms with Crippen LogP contribution in [-0.4, -0.2) is 49.4 Å². The molecule has 128 valence electrons. The molecule has 2 N–H and O–H groups in total. The largest absolute Gasteiger partial charge is 0.480 e. The molecule has 1 unspecified atom stereocenters. The van der Waals surface area contributed by atoms with Crippen molar-refractivity contribution >= 4 is 23.5 Å². The minimum absolute atomic E-state index is 0.123. The van der Waals surface area contributed by atoms with Crippen molar-refractivity contribution in [3.05, 3.63) is 35.1 Å². The molecule has 1 aromatic heterocycles. The number of hydrogen-bond donors (Lipinski definition) is 2. The molecule has 12 heteroatoms. The van der Waals surface area contributed by atoms with E-state index in [-0.39, 0.29) is 16.3 Å². The summed E-state index contributed by atoms with van der Waals surface area (Å²) in [5.74, 6) is -2.87. The highest BCUT2D eigenvalue weighted by Crippen LogP contribution is 2.23. The number of benzene rings is 1. The van der Waals surface area contributed by atoms with Gasteiger partial charge < -0.3 is 10.4 Å². The van der Waals surface area contributed by atoms with Crippen LogP contribution in [0.5, 0.6) is 0 Å². The van der Waals surface area contributed by atoms with Gasteiger partial charge in [-0.2, -0.15) is 17.9 Å². The monoisotopic (exact) mass is 363 g/mol. The molecule has 0 bridgehead atoms. The van der Waals surface area contributed by atoms with E-state index in [9.17, 15) is 22.8 Å². The molecular weight excluding hydrogens is 355 g/mol. The first-order valence-corrected chi connectivity index (χ1v) is 6.68. The van der Waals surface area contributed by atoms with Crippen LogP contribution >= 0.6 is 11.6 Å². The third kappa shape index (κ3) is 4.41. The zero-order valence-corrected chi connectivity index (χ0v) is 12.4. The molecule has 0 aliphatic heterocycles. The Morgan fingerprint density at radius 3 is 2.62 bits per heavy atom. The number of rotatable bonds is 5. The normalized spacial score (nSPS) is 12.7. The lowest BCUT2D eigenvalue weighted by atomic mass is 10.1. The predicted molar refractivity (Wildman–Crippen MR) is 73.7 cm³/mol. The van der Waals surface area contributed by atoms with Crippen molar-refractivity contribution < 1.29 is 27.9 Å². The van der Waals surface area contributed by atoms with Gasteiger partial charge in [0.15, 0.2) is 0 Å². The fourth-order valence-corrected chi connectivity index (χ4v) is 2.00. The van der Waals surface area contributed by atoms with Gasteiger partial charge in [-0.05, 0) is 28.6 Å². The smallest absolute Gasteiger partial charge is 0.391 e. The number of aromatic nitrogens is 4. The average Bonchev–Trinajstić information content (AvgIpc) is 2.98. The maximum absolute atomic E-state index is 12.4. The van der Waals surface area contributed by atoms with E-state index < -0.39 is 30.5 Å². The molecule has 0 radical (unpaired) electrons. The van der Waals surface area contributed by atoms with Crippen LogP contribution in [0.4, 0.5) is 13.2 Å². The Bertz CT molecular complexity index is 751. The van der Waals surface area contributed by atoms with Crippen molar-refractivity contribution in [3.8, 4) is 5.69 Å². The number of amides is 1. The Morgan fingerprint density at radius 2 is 2.08 bits per heavy atom. The first-order chi connectivity index (χ1) is 11.2. The van der Waals surface area contributed by atoms with E-state index in [1.807, 2.05) is 5.32 Å². The number of aliphatic carboxylic acids is 1. The van der Waals surface area contributed by atoms with Crippen molar-refractivity contribution in [3.63, 3.8) is 0 Å². The van der Waals surface area contributed by atoms with Crippen molar-refractivity contribution in [2.45, 2.75) is 18.6 Å². The van der Waals surface area contributed by atoms with Crippen molar-refractivity contribution in [1.82, 2.24) is 25.5 Å². The quantitative estimate of drug-likeness (QED) is 0.832. The molecule has 1 atom stereocenters. The number of carbonyl (C=O) groups excluding carboxylic acids is 1. The van der Waals surface area contributed by atoms with E-state index in [4.69, 9.17) is 16.7 Å². The number of nitrogens with zero attached hydrogens (tertiary/aromatic N) is 4. The van der Waals surface area contributed by atoms with Crippen molar-refractivity contribution in [1.29, 1.82) is 0 Å². The number of hydrogen-bond acceptors (Lipinski definition) is 5. The summed E-state index contributed by atoms with van der Waals surface area (Å²) in [7, 11) is 0. The molecule has 1 aromatic carbocycles. The van der Waals surface area contributed by atoms with Crippen LogP contribution < -0.4 is 5.32 Å². The molecular formula is C12H9ClF3N5O3. The highest BCUT2D eigenvalue weighted by atomic mass is 35.5. The minimum atomic E-state index is -4.76. The maximum Gasteiger partial charge on any atom is 0.391 e. The number of carbonyl (C=O) groups is 2. The summed E-state index contributed by atoms with van der Waals surface area (Å²) in [6.07, 6.45) is -5.32. The summed E-state index contributed by atoms with van der Waals surface area (Å²) >= 11 is 5.79. The highest BCUT2D eigenvalue weighted by molar-refractivity contribution is 6.31. The zero-order valence-electron chi connectivity index (χ0n) is 11.7. The molecule has 0 aliphatic carbocycles. The maximum atomic E-state index is 12.4. The third-order valence-corrected chi connectivity index (χ3v) is 3.07. The summed E-state index contributed by atoms with van der Waals surface area (Å²) in [5.41, 5.74) is -0.0544. The molecule has 0 spiro atoms. The molecule has 1 amide bonds. The van der Waals surface area contributed by atoms with Crippen molar-refractivity contribution in [2.75, 3.05) is 0 Å². The number of nitrogens with one attached hydrogen (secondary N) is 1. The van der Waals surface area contributed by atoms with Crippen LogP contribution in [0.3, 0.4) is 0 Å². The predicted octanol–water partition coefficient (Wildman–Crippen LogP) is 1.45. The first kappa shape index (κ1) is 17.7. The fraction of sp³-hybridized carbons (Fsp3) is 0.250. The number of halogens is 4. The van der Waals surface area contributed by atoms with Gasteiger partial charge in [0.1, 0.15) is 12.4 Å². The van der Waals surface area contributed by atoms with Gasteiger partial charge in [0.05, 0.1) is 17.7 Å². The summed E-state index contributed by atoms with van der Waals surface area (Å²) in [4.78, 5) is 23.2. The molecule has 0 aliphatic rings. The van der Waals surface area contributed by atoms with Gasteiger partial charge in [0, 0.05) is 5.02 Å². The van der Waals surface area contributed by atoms with Gasteiger partial charge in [-0.15, -0.1) is 5.10 Å². The first-order valence-electron chi connectivity index (χ1n) is 6.30. The van der Waals surface area contributed by atoms with E-state index in [0.29, 0.717) is 0 Å². The van der Waals surface area contributed by atoms with E-state index >= 15 is 0 Å².